The Morgan fingerprint density at radius 2 is 2.03 bits per heavy atom. The predicted octanol–water partition coefficient (Wildman–Crippen LogP) is 4.66. The minimum absolute atomic E-state index is 0.0603. The van der Waals surface area contributed by atoms with Crippen molar-refractivity contribution in [2.45, 2.75) is 13.3 Å². The fourth-order valence-electron chi connectivity index (χ4n) is 2.69. The van der Waals surface area contributed by atoms with Crippen LogP contribution < -0.4 is 5.32 Å². The van der Waals surface area contributed by atoms with Gasteiger partial charge in [-0.2, -0.15) is 0 Å². The van der Waals surface area contributed by atoms with Crippen LogP contribution in [0, 0.1) is 12.7 Å². The molecule has 1 N–H and O–H groups in total. The first-order valence-electron chi connectivity index (χ1n) is 8.82. The molecule has 0 bridgehead atoms. The lowest BCUT2D eigenvalue weighted by Gasteiger charge is -2.17. The molecule has 0 aliphatic rings. The van der Waals surface area contributed by atoms with Crippen LogP contribution in [0.25, 0.3) is 10.6 Å². The summed E-state index contributed by atoms with van der Waals surface area (Å²) in [4.78, 5) is 30.5. The number of nitrogens with one attached hydrogen (secondary N) is 1. The fraction of sp³-hybridized carbons (Fsp3) is 0.190. The van der Waals surface area contributed by atoms with Crippen LogP contribution in [0.5, 0.6) is 0 Å². The first kappa shape index (κ1) is 21.1. The van der Waals surface area contributed by atoms with Crippen LogP contribution in [0.1, 0.15) is 11.3 Å². The van der Waals surface area contributed by atoms with E-state index in [-0.39, 0.29) is 30.6 Å². The molecule has 0 saturated carbocycles. The molecular weight excluding hydrogens is 457 g/mol. The number of thiazole rings is 1. The Labute approximate surface area is 180 Å². The number of anilines is 1. The topological polar surface area (TPSA) is 62.3 Å². The van der Waals surface area contributed by atoms with E-state index in [1.54, 1.807) is 24.6 Å². The van der Waals surface area contributed by atoms with Crippen molar-refractivity contribution < 1.29 is 14.0 Å². The van der Waals surface area contributed by atoms with Crippen molar-refractivity contribution in [3.8, 4) is 10.6 Å². The molecule has 0 spiro atoms. The number of rotatable bonds is 6. The van der Waals surface area contributed by atoms with E-state index in [0.717, 1.165) is 10.0 Å². The third-order valence-electron chi connectivity index (χ3n) is 4.22. The lowest BCUT2D eigenvalue weighted by molar-refractivity contribution is -0.132. The zero-order valence-corrected chi connectivity index (χ0v) is 18.3. The van der Waals surface area contributed by atoms with Gasteiger partial charge >= 0.3 is 0 Å². The molecule has 5 nitrogen and oxygen atoms in total. The number of hydrogen-bond donors (Lipinski definition) is 1. The second-order valence-electron chi connectivity index (χ2n) is 6.59. The summed E-state index contributed by atoms with van der Waals surface area (Å²) >= 11 is 4.74. The lowest BCUT2D eigenvalue weighted by Crippen LogP contribution is -2.36. The zero-order valence-electron chi connectivity index (χ0n) is 15.9. The highest BCUT2D eigenvalue weighted by atomic mass is 79.9. The van der Waals surface area contributed by atoms with E-state index < -0.39 is 0 Å². The second kappa shape index (κ2) is 9.28. The highest BCUT2D eigenvalue weighted by Gasteiger charge is 2.16. The maximum absolute atomic E-state index is 13.4. The van der Waals surface area contributed by atoms with Crippen LogP contribution in [0.3, 0.4) is 0 Å². The average molecular weight is 476 g/mol. The number of halogens is 2. The molecule has 8 heteroatoms. The molecule has 0 fully saturated rings. The molecule has 0 unspecified atom stereocenters. The standard InChI is InChI=1S/C21H19BrFN3O2S/c1-13-8-15(22)6-7-18(13)25-19(27)11-26(2)20(28)10-17-12-29-21(24-17)14-4-3-5-16(23)9-14/h3-9,12H,10-11H2,1-2H3,(H,25,27). The Morgan fingerprint density at radius 3 is 2.76 bits per heavy atom. The molecule has 1 aromatic heterocycles. The largest absolute Gasteiger partial charge is 0.336 e. The normalized spacial score (nSPS) is 10.6. The minimum Gasteiger partial charge on any atom is -0.336 e. The summed E-state index contributed by atoms with van der Waals surface area (Å²) in [5.41, 5.74) is 2.90. The monoisotopic (exact) mass is 475 g/mol. The Balaban J connectivity index is 1.57. The van der Waals surface area contributed by atoms with Crippen LogP contribution >= 0.6 is 27.3 Å². The van der Waals surface area contributed by atoms with Gasteiger partial charge in [0.05, 0.1) is 18.7 Å². The van der Waals surface area contributed by atoms with E-state index >= 15 is 0 Å². The van der Waals surface area contributed by atoms with Crippen LogP contribution in [-0.2, 0) is 16.0 Å². The lowest BCUT2D eigenvalue weighted by atomic mass is 10.2. The van der Waals surface area contributed by atoms with Gasteiger partial charge in [0.2, 0.25) is 11.8 Å². The number of aryl methyl sites for hydroxylation is 1. The molecule has 0 radical (unpaired) electrons. The highest BCUT2D eigenvalue weighted by Crippen LogP contribution is 2.24. The number of benzene rings is 2. The molecule has 0 saturated heterocycles. The number of carbonyl (C=O) groups excluding carboxylic acids is 2. The summed E-state index contributed by atoms with van der Waals surface area (Å²) in [6.07, 6.45) is 0.0763. The smallest absolute Gasteiger partial charge is 0.243 e. The molecule has 2 aromatic carbocycles. The molecule has 3 aromatic rings. The van der Waals surface area contributed by atoms with Gasteiger partial charge in [0.15, 0.2) is 0 Å². The van der Waals surface area contributed by atoms with Gasteiger partial charge in [-0.25, -0.2) is 9.37 Å². The van der Waals surface area contributed by atoms with Crippen molar-refractivity contribution in [1.29, 1.82) is 0 Å². The Morgan fingerprint density at radius 1 is 1.24 bits per heavy atom. The van der Waals surface area contributed by atoms with Gasteiger partial charge in [0, 0.05) is 28.2 Å². The third-order valence-corrected chi connectivity index (χ3v) is 5.66. The number of hydrogen-bond acceptors (Lipinski definition) is 4. The summed E-state index contributed by atoms with van der Waals surface area (Å²) in [5, 5.41) is 5.24. The molecule has 3 rings (SSSR count). The number of aromatic nitrogens is 1. The van der Waals surface area contributed by atoms with Crippen LogP contribution in [-0.4, -0.2) is 35.3 Å². The number of carbonyl (C=O) groups is 2. The Bertz CT molecular complexity index is 1050. The fourth-order valence-corrected chi connectivity index (χ4v) is 3.99. The Hall–Kier alpha value is -2.58. The van der Waals surface area contributed by atoms with Crippen LogP contribution in [0.15, 0.2) is 52.3 Å². The van der Waals surface area contributed by atoms with Crippen molar-refractivity contribution in [3.05, 3.63) is 69.4 Å². The number of amides is 2. The van der Waals surface area contributed by atoms with E-state index in [1.807, 2.05) is 25.1 Å². The minimum atomic E-state index is -0.331. The SMILES string of the molecule is Cc1cc(Br)ccc1NC(=O)CN(C)C(=O)Cc1csc(-c2cccc(F)c2)n1. The molecule has 0 atom stereocenters. The summed E-state index contributed by atoms with van der Waals surface area (Å²) in [6, 6.07) is 11.7. The van der Waals surface area contributed by atoms with Gasteiger partial charge < -0.3 is 10.2 Å². The first-order chi connectivity index (χ1) is 13.8. The maximum atomic E-state index is 13.4. The maximum Gasteiger partial charge on any atom is 0.243 e. The molecular formula is C21H19BrFN3O2S. The van der Waals surface area contributed by atoms with Crippen LogP contribution in [0.2, 0.25) is 0 Å². The quantitative estimate of drug-likeness (QED) is 0.563. The molecule has 2 amide bonds. The van der Waals surface area contributed by atoms with E-state index in [2.05, 4.69) is 26.2 Å². The van der Waals surface area contributed by atoms with Crippen molar-refractivity contribution in [3.63, 3.8) is 0 Å². The van der Waals surface area contributed by atoms with Gasteiger partial charge in [-0.05, 0) is 42.8 Å². The van der Waals surface area contributed by atoms with Crippen molar-refractivity contribution in [2.75, 3.05) is 18.9 Å². The Kier molecular flexibility index (Phi) is 6.76. The van der Waals surface area contributed by atoms with E-state index in [4.69, 9.17) is 0 Å². The zero-order chi connectivity index (χ0) is 21.0. The summed E-state index contributed by atoms with van der Waals surface area (Å²) in [6.45, 7) is 1.84. The van der Waals surface area contributed by atoms with E-state index in [9.17, 15) is 14.0 Å². The second-order valence-corrected chi connectivity index (χ2v) is 8.36. The van der Waals surface area contributed by atoms with Crippen LogP contribution in [0.4, 0.5) is 10.1 Å². The van der Waals surface area contributed by atoms with Crippen molar-refractivity contribution in [2.24, 2.45) is 0 Å². The molecule has 29 heavy (non-hydrogen) atoms. The third kappa shape index (κ3) is 5.71. The van der Waals surface area contributed by atoms with Crippen molar-refractivity contribution in [1.82, 2.24) is 9.88 Å². The van der Waals surface area contributed by atoms with Gasteiger partial charge in [-0.3, -0.25) is 9.59 Å². The summed E-state index contributed by atoms with van der Waals surface area (Å²) in [5.74, 6) is -0.823. The predicted molar refractivity (Wildman–Crippen MR) is 116 cm³/mol. The molecule has 150 valence electrons. The van der Waals surface area contributed by atoms with E-state index in [1.165, 1.54) is 28.4 Å². The molecule has 1 heterocycles. The van der Waals surface area contributed by atoms with Gasteiger partial charge in [-0.1, -0.05) is 28.1 Å². The average Bonchev–Trinajstić information content (AvgIpc) is 3.12. The first-order valence-corrected chi connectivity index (χ1v) is 10.5. The molecule has 0 aliphatic heterocycles. The highest BCUT2D eigenvalue weighted by molar-refractivity contribution is 9.10. The van der Waals surface area contributed by atoms with Gasteiger partial charge in [0.25, 0.3) is 0 Å². The van der Waals surface area contributed by atoms with Gasteiger partial charge in [0.1, 0.15) is 10.8 Å². The number of likely N-dealkylation sites (N-methyl/N-ethyl adjacent to an activating group) is 1. The van der Waals surface area contributed by atoms with E-state index in [0.29, 0.717) is 22.0 Å². The van der Waals surface area contributed by atoms with Crippen molar-refractivity contribution >= 4 is 44.8 Å². The summed E-state index contributed by atoms with van der Waals surface area (Å²) in [7, 11) is 1.58. The number of nitrogens with zero attached hydrogens (tertiary/aromatic N) is 2. The summed E-state index contributed by atoms with van der Waals surface area (Å²) < 4.78 is 14.3. The molecule has 0 aliphatic carbocycles. The van der Waals surface area contributed by atoms with Gasteiger partial charge in [-0.15, -0.1) is 11.3 Å².